The van der Waals surface area contributed by atoms with Crippen molar-refractivity contribution >= 4 is 11.8 Å². The second-order valence-electron chi connectivity index (χ2n) is 4.03. The van der Waals surface area contributed by atoms with Gasteiger partial charge in [-0.3, -0.25) is 0 Å². The monoisotopic (exact) mass is 226 g/mol. The van der Waals surface area contributed by atoms with E-state index < -0.39 is 0 Å². The molecule has 15 heavy (non-hydrogen) atoms. The van der Waals surface area contributed by atoms with Crippen LogP contribution in [-0.2, 0) is 0 Å². The Hall–Kier alpha value is -0.610. The van der Waals surface area contributed by atoms with Crippen molar-refractivity contribution in [1.29, 1.82) is 0 Å². The van der Waals surface area contributed by atoms with Crippen LogP contribution in [0.1, 0.15) is 32.4 Å². The minimum Gasteiger partial charge on any atom is -0.396 e. The maximum absolute atomic E-state index is 8.91. The lowest BCUT2D eigenvalue weighted by molar-refractivity contribution is 0.250. The van der Waals surface area contributed by atoms with Gasteiger partial charge in [-0.05, 0) is 17.9 Å². The van der Waals surface area contributed by atoms with E-state index in [0.29, 0.717) is 11.8 Å². The first-order chi connectivity index (χ1) is 7.13. The average molecular weight is 226 g/mol. The lowest BCUT2D eigenvalue weighted by Gasteiger charge is -2.08. The Balaban J connectivity index is 2.58. The molecule has 84 valence electrons. The highest BCUT2D eigenvalue weighted by Crippen LogP contribution is 2.20. The molecule has 0 saturated heterocycles. The molecular weight excluding hydrogens is 208 g/mol. The zero-order valence-corrected chi connectivity index (χ0v) is 10.3. The van der Waals surface area contributed by atoms with Crippen LogP contribution >= 0.6 is 11.8 Å². The van der Waals surface area contributed by atoms with E-state index in [9.17, 15) is 0 Å². The van der Waals surface area contributed by atoms with Gasteiger partial charge in [-0.15, -0.1) is 11.8 Å². The van der Waals surface area contributed by atoms with Gasteiger partial charge in [-0.25, -0.2) is 9.97 Å². The largest absolute Gasteiger partial charge is 0.396 e. The second-order valence-corrected chi connectivity index (χ2v) is 5.07. The standard InChI is InChI=1S/C11H18N2OS/c1-8(2)10-4-11(13-7-12-10)15-6-9(3)5-14/h4,7-9,14H,5-6H2,1-3H3. The number of aliphatic hydroxyl groups is 1. The van der Waals surface area contributed by atoms with Crippen molar-refractivity contribution in [3.05, 3.63) is 18.1 Å². The summed E-state index contributed by atoms with van der Waals surface area (Å²) < 4.78 is 0. The Morgan fingerprint density at radius 1 is 1.33 bits per heavy atom. The van der Waals surface area contributed by atoms with E-state index in [2.05, 4.69) is 23.8 Å². The first kappa shape index (κ1) is 12.5. The molecule has 0 aliphatic heterocycles. The van der Waals surface area contributed by atoms with Crippen molar-refractivity contribution < 1.29 is 5.11 Å². The van der Waals surface area contributed by atoms with Crippen LogP contribution in [0.4, 0.5) is 0 Å². The SMILES string of the molecule is CC(CO)CSc1cc(C(C)C)ncn1. The van der Waals surface area contributed by atoms with Crippen molar-refractivity contribution in [3.63, 3.8) is 0 Å². The number of nitrogens with zero attached hydrogens (tertiary/aromatic N) is 2. The maximum atomic E-state index is 8.91. The van der Waals surface area contributed by atoms with Crippen LogP contribution in [0.5, 0.6) is 0 Å². The van der Waals surface area contributed by atoms with Gasteiger partial charge in [-0.2, -0.15) is 0 Å². The molecule has 1 rings (SSSR count). The molecule has 0 aliphatic carbocycles. The molecule has 0 spiro atoms. The van der Waals surface area contributed by atoms with Gasteiger partial charge in [-0.1, -0.05) is 20.8 Å². The Morgan fingerprint density at radius 2 is 2.07 bits per heavy atom. The van der Waals surface area contributed by atoms with Gasteiger partial charge in [0.2, 0.25) is 0 Å². The summed E-state index contributed by atoms with van der Waals surface area (Å²) in [5.41, 5.74) is 1.07. The Labute approximate surface area is 95.3 Å². The molecule has 0 radical (unpaired) electrons. The lowest BCUT2D eigenvalue weighted by Crippen LogP contribution is -2.04. The van der Waals surface area contributed by atoms with Crippen LogP contribution in [0.25, 0.3) is 0 Å². The predicted octanol–water partition coefficient (Wildman–Crippen LogP) is 2.32. The number of hydrogen-bond acceptors (Lipinski definition) is 4. The highest BCUT2D eigenvalue weighted by Gasteiger charge is 2.05. The molecule has 0 fully saturated rings. The Kier molecular flexibility index (Phi) is 5.05. The van der Waals surface area contributed by atoms with Crippen molar-refractivity contribution in [2.45, 2.75) is 31.7 Å². The average Bonchev–Trinajstić information content (AvgIpc) is 2.26. The van der Waals surface area contributed by atoms with Gasteiger partial charge in [0.05, 0.1) is 5.03 Å². The zero-order chi connectivity index (χ0) is 11.3. The van der Waals surface area contributed by atoms with Gasteiger partial charge >= 0.3 is 0 Å². The van der Waals surface area contributed by atoms with Crippen LogP contribution in [0.15, 0.2) is 17.4 Å². The lowest BCUT2D eigenvalue weighted by atomic mass is 10.1. The third kappa shape index (κ3) is 4.18. The number of aromatic nitrogens is 2. The molecule has 0 bridgehead atoms. The molecule has 1 aromatic heterocycles. The van der Waals surface area contributed by atoms with Gasteiger partial charge < -0.3 is 5.11 Å². The molecule has 1 N–H and O–H groups in total. The fourth-order valence-corrected chi connectivity index (χ4v) is 1.91. The highest BCUT2D eigenvalue weighted by molar-refractivity contribution is 7.99. The van der Waals surface area contributed by atoms with Crippen molar-refractivity contribution in [1.82, 2.24) is 9.97 Å². The van der Waals surface area contributed by atoms with Crippen LogP contribution < -0.4 is 0 Å². The Bertz CT molecular complexity index is 304. The molecule has 0 saturated carbocycles. The van der Waals surface area contributed by atoms with E-state index in [1.165, 1.54) is 0 Å². The summed E-state index contributed by atoms with van der Waals surface area (Å²) in [5.74, 6) is 1.64. The summed E-state index contributed by atoms with van der Waals surface area (Å²) in [5, 5.41) is 9.90. The zero-order valence-electron chi connectivity index (χ0n) is 9.47. The highest BCUT2D eigenvalue weighted by atomic mass is 32.2. The quantitative estimate of drug-likeness (QED) is 0.618. The third-order valence-electron chi connectivity index (χ3n) is 2.08. The number of thioether (sulfide) groups is 1. The van der Waals surface area contributed by atoms with E-state index in [1.807, 2.05) is 13.0 Å². The topological polar surface area (TPSA) is 46.0 Å². The van der Waals surface area contributed by atoms with Crippen molar-refractivity contribution in [3.8, 4) is 0 Å². The van der Waals surface area contributed by atoms with Crippen LogP contribution in [0, 0.1) is 5.92 Å². The van der Waals surface area contributed by atoms with Crippen LogP contribution in [0.2, 0.25) is 0 Å². The normalized spacial score (nSPS) is 13.1. The number of hydrogen-bond donors (Lipinski definition) is 1. The molecule has 3 nitrogen and oxygen atoms in total. The fraction of sp³-hybridized carbons (Fsp3) is 0.636. The molecule has 4 heteroatoms. The van der Waals surface area contributed by atoms with E-state index in [4.69, 9.17) is 5.11 Å². The van der Waals surface area contributed by atoms with Crippen LogP contribution in [-0.4, -0.2) is 27.4 Å². The van der Waals surface area contributed by atoms with Crippen LogP contribution in [0.3, 0.4) is 0 Å². The molecular formula is C11H18N2OS. The molecule has 1 aromatic rings. The summed E-state index contributed by atoms with van der Waals surface area (Å²) in [6.07, 6.45) is 1.61. The predicted molar refractivity (Wildman–Crippen MR) is 63.1 cm³/mol. The molecule has 1 atom stereocenters. The van der Waals surface area contributed by atoms with Gasteiger partial charge in [0.1, 0.15) is 6.33 Å². The summed E-state index contributed by atoms with van der Waals surface area (Å²) in [4.78, 5) is 8.41. The third-order valence-corrected chi connectivity index (χ3v) is 3.34. The smallest absolute Gasteiger partial charge is 0.116 e. The van der Waals surface area contributed by atoms with Gasteiger partial charge in [0.15, 0.2) is 0 Å². The summed E-state index contributed by atoms with van der Waals surface area (Å²) >= 11 is 1.67. The van der Waals surface area contributed by atoms with E-state index in [-0.39, 0.29) is 6.61 Å². The molecule has 0 aliphatic rings. The summed E-state index contributed by atoms with van der Waals surface area (Å²) in [6, 6.07) is 2.03. The van der Waals surface area contributed by atoms with E-state index in [1.54, 1.807) is 18.1 Å². The van der Waals surface area contributed by atoms with Gasteiger partial charge in [0, 0.05) is 18.1 Å². The summed E-state index contributed by atoms with van der Waals surface area (Å²) in [7, 11) is 0. The fourth-order valence-electron chi connectivity index (χ4n) is 1.03. The maximum Gasteiger partial charge on any atom is 0.116 e. The van der Waals surface area contributed by atoms with Gasteiger partial charge in [0.25, 0.3) is 0 Å². The minimum absolute atomic E-state index is 0.231. The first-order valence-electron chi connectivity index (χ1n) is 5.19. The molecule has 0 amide bonds. The Morgan fingerprint density at radius 3 is 2.67 bits per heavy atom. The number of rotatable bonds is 5. The minimum atomic E-state index is 0.231. The molecule has 0 aromatic carbocycles. The van der Waals surface area contributed by atoms with E-state index >= 15 is 0 Å². The van der Waals surface area contributed by atoms with Crippen molar-refractivity contribution in [2.75, 3.05) is 12.4 Å². The van der Waals surface area contributed by atoms with E-state index in [0.717, 1.165) is 16.5 Å². The molecule has 1 unspecified atom stereocenters. The first-order valence-corrected chi connectivity index (χ1v) is 6.17. The van der Waals surface area contributed by atoms with Crippen molar-refractivity contribution in [2.24, 2.45) is 5.92 Å². The second kappa shape index (κ2) is 6.08. The number of aliphatic hydroxyl groups excluding tert-OH is 1. The summed E-state index contributed by atoms with van der Waals surface area (Å²) in [6.45, 7) is 6.49. The molecule has 1 heterocycles.